The first-order valence-corrected chi connectivity index (χ1v) is 14.4. The molecule has 0 aliphatic heterocycles. The second-order valence-electron chi connectivity index (χ2n) is 10.3. The third kappa shape index (κ3) is 8.86. The zero-order chi connectivity index (χ0) is 31.4. The number of carboxylic acids is 1. The third-order valence-electron chi connectivity index (χ3n) is 7.07. The van der Waals surface area contributed by atoms with Crippen molar-refractivity contribution < 1.29 is 24.2 Å². The summed E-state index contributed by atoms with van der Waals surface area (Å²) in [6, 6.07) is 26.4. The Morgan fingerprint density at radius 2 is 1.64 bits per heavy atom. The van der Waals surface area contributed by atoms with Gasteiger partial charge in [0.2, 0.25) is 5.91 Å². The van der Waals surface area contributed by atoms with Gasteiger partial charge in [-0.1, -0.05) is 72.8 Å². The third-order valence-corrected chi connectivity index (χ3v) is 7.07. The molecule has 5 aromatic rings. The number of hydrogen-bond acceptors (Lipinski definition) is 9. The molecule has 0 fully saturated rings. The highest BCUT2D eigenvalue weighted by atomic mass is 16.5. The van der Waals surface area contributed by atoms with E-state index in [4.69, 9.17) is 9.84 Å². The van der Waals surface area contributed by atoms with Crippen LogP contribution in [0.15, 0.2) is 97.5 Å². The number of esters is 1. The molecule has 228 valence electrons. The van der Waals surface area contributed by atoms with Gasteiger partial charge in [-0.25, -0.2) is 4.68 Å². The van der Waals surface area contributed by atoms with Gasteiger partial charge in [0.05, 0.1) is 36.5 Å². The second-order valence-corrected chi connectivity index (χ2v) is 10.3. The number of aliphatic carboxylic acids is 1. The normalized spacial score (nSPS) is 11.5. The molecule has 12 heteroatoms. The van der Waals surface area contributed by atoms with Crippen LogP contribution in [0.1, 0.15) is 41.3 Å². The average molecular weight is 606 g/mol. The van der Waals surface area contributed by atoms with E-state index in [1.165, 1.54) is 6.33 Å². The molecule has 1 atom stereocenters. The highest BCUT2D eigenvalue weighted by Gasteiger charge is 2.19. The summed E-state index contributed by atoms with van der Waals surface area (Å²) in [6.07, 6.45) is 4.23. The van der Waals surface area contributed by atoms with Crippen molar-refractivity contribution in [2.24, 2.45) is 0 Å². The molecule has 0 spiro atoms. The number of hydrogen-bond donors (Lipinski definition) is 2. The molecule has 2 aromatic heterocycles. The number of nitrogens with one attached hydrogen (secondary N) is 1. The van der Waals surface area contributed by atoms with Gasteiger partial charge in [-0.05, 0) is 57.7 Å². The molecule has 2 heterocycles. The number of rotatable bonds is 14. The first-order chi connectivity index (χ1) is 21.9. The fourth-order valence-corrected chi connectivity index (χ4v) is 4.81. The number of aryl methyl sites for hydroxylation is 1. The lowest BCUT2D eigenvalue weighted by Crippen LogP contribution is -2.31. The molecular weight excluding hydrogens is 574 g/mol. The monoisotopic (exact) mass is 605 g/mol. The van der Waals surface area contributed by atoms with Crippen LogP contribution in [0.4, 0.5) is 0 Å². The molecule has 5 rings (SSSR count). The zero-order valence-electron chi connectivity index (χ0n) is 24.3. The Balaban J connectivity index is 1.28. The molecule has 0 aliphatic carbocycles. The minimum Gasteiger partial charge on any atom is -0.481 e. The number of aromatic nitrogens is 6. The van der Waals surface area contributed by atoms with Crippen molar-refractivity contribution >= 4 is 17.8 Å². The predicted octanol–water partition coefficient (Wildman–Crippen LogP) is 3.71. The number of carboxylic acid groups (broad SMARTS) is 1. The van der Waals surface area contributed by atoms with Crippen molar-refractivity contribution in [1.29, 1.82) is 0 Å². The van der Waals surface area contributed by atoms with E-state index < -0.39 is 18.0 Å². The van der Waals surface area contributed by atoms with Gasteiger partial charge in [0.25, 0.3) is 0 Å². The molecule has 0 bridgehead atoms. The maximum atomic E-state index is 13.3. The minimum atomic E-state index is -1.02. The molecule has 2 N–H and O–H groups in total. The second kappa shape index (κ2) is 15.1. The lowest BCUT2D eigenvalue weighted by molar-refractivity contribution is -0.145. The minimum absolute atomic E-state index is 0.0329. The molecule has 0 aliphatic rings. The molecule has 45 heavy (non-hydrogen) atoms. The van der Waals surface area contributed by atoms with Gasteiger partial charge in [-0.15, -0.1) is 5.10 Å². The van der Waals surface area contributed by atoms with Gasteiger partial charge in [0.1, 0.15) is 12.9 Å². The first-order valence-electron chi connectivity index (χ1n) is 14.4. The smallest absolute Gasteiger partial charge is 0.310 e. The Kier molecular flexibility index (Phi) is 10.3. The fraction of sp³-hybridized carbons (Fsp3) is 0.212. The van der Waals surface area contributed by atoms with Crippen LogP contribution >= 0.6 is 0 Å². The molecule has 12 nitrogen and oxygen atoms in total. The molecule has 0 radical (unpaired) electrons. The number of carbonyl (C=O) groups is 3. The Bertz CT molecular complexity index is 1730. The fourth-order valence-electron chi connectivity index (χ4n) is 4.81. The summed E-state index contributed by atoms with van der Waals surface area (Å²) in [5.74, 6) is -1.64. The number of tetrazole rings is 1. The standard InChI is InChI=1S/C33H31N7O5/c41-31(15-14-26-8-4-5-9-30(26)40-22-35-38-39-40)36-28(18-23-6-2-1-3-7-23)29-20-27(21-34-37-29)25-12-10-24(11-13-25)19-33(44)45-17-16-32(42)43/h1-13,20-22,28H,14-19H2,(H,36,41)(H,42,43)/t28-/m0/s1. The van der Waals surface area contributed by atoms with Gasteiger partial charge >= 0.3 is 11.9 Å². The summed E-state index contributed by atoms with van der Waals surface area (Å²) in [4.78, 5) is 35.9. The first kappa shape index (κ1) is 30.7. The molecule has 0 saturated carbocycles. The van der Waals surface area contributed by atoms with E-state index in [1.807, 2.05) is 84.9 Å². The van der Waals surface area contributed by atoms with Crippen LogP contribution in [-0.2, 0) is 38.4 Å². The summed E-state index contributed by atoms with van der Waals surface area (Å²) >= 11 is 0. The summed E-state index contributed by atoms with van der Waals surface area (Å²) in [5.41, 5.74) is 5.81. The lowest BCUT2D eigenvalue weighted by atomic mass is 9.99. The summed E-state index contributed by atoms with van der Waals surface area (Å²) in [5, 5.41) is 31.9. The highest BCUT2D eigenvalue weighted by molar-refractivity contribution is 5.77. The number of amides is 1. The zero-order valence-corrected chi connectivity index (χ0v) is 24.3. The van der Waals surface area contributed by atoms with Crippen LogP contribution in [0.2, 0.25) is 0 Å². The number of benzene rings is 3. The quantitative estimate of drug-likeness (QED) is 0.178. The molecule has 1 amide bonds. The van der Waals surface area contributed by atoms with Crippen LogP contribution in [0.5, 0.6) is 0 Å². The predicted molar refractivity (Wildman–Crippen MR) is 163 cm³/mol. The largest absolute Gasteiger partial charge is 0.481 e. The SMILES string of the molecule is O=C(O)CCOC(=O)Cc1ccc(-c2cnnc([C@H](Cc3ccccc3)NC(=O)CCc3ccccc3-n3cnnn3)c2)cc1. The Morgan fingerprint density at radius 3 is 2.40 bits per heavy atom. The van der Waals surface area contributed by atoms with Crippen LogP contribution in [0.3, 0.4) is 0 Å². The van der Waals surface area contributed by atoms with Gasteiger partial charge < -0.3 is 15.2 Å². The van der Waals surface area contributed by atoms with E-state index in [1.54, 1.807) is 10.9 Å². The van der Waals surface area contributed by atoms with Crippen molar-refractivity contribution in [2.75, 3.05) is 6.61 Å². The van der Waals surface area contributed by atoms with Crippen molar-refractivity contribution in [3.05, 3.63) is 120 Å². The van der Waals surface area contributed by atoms with Gasteiger partial charge in [-0.3, -0.25) is 14.4 Å². The highest BCUT2D eigenvalue weighted by Crippen LogP contribution is 2.24. The number of ether oxygens (including phenoxy) is 1. The Morgan fingerprint density at radius 1 is 0.867 bits per heavy atom. The van der Waals surface area contributed by atoms with Crippen molar-refractivity contribution in [1.82, 2.24) is 35.7 Å². The maximum absolute atomic E-state index is 13.3. The van der Waals surface area contributed by atoms with Crippen molar-refractivity contribution in [3.8, 4) is 16.8 Å². The Labute approximate surface area is 259 Å². The number of para-hydroxylation sites is 1. The number of nitrogens with zero attached hydrogens (tertiary/aromatic N) is 6. The summed E-state index contributed by atoms with van der Waals surface area (Å²) in [7, 11) is 0. The Hall–Kier alpha value is -5.78. The topological polar surface area (TPSA) is 162 Å². The van der Waals surface area contributed by atoms with Crippen molar-refractivity contribution in [3.63, 3.8) is 0 Å². The van der Waals surface area contributed by atoms with E-state index in [2.05, 4.69) is 31.0 Å². The number of carbonyl (C=O) groups excluding carboxylic acids is 2. The molecule has 0 unspecified atom stereocenters. The molecular formula is C33H31N7O5. The summed E-state index contributed by atoms with van der Waals surface area (Å²) < 4.78 is 6.55. The van der Waals surface area contributed by atoms with E-state index in [9.17, 15) is 14.4 Å². The maximum Gasteiger partial charge on any atom is 0.310 e. The van der Waals surface area contributed by atoms with E-state index in [0.717, 1.165) is 33.5 Å². The van der Waals surface area contributed by atoms with E-state index in [-0.39, 0.29) is 31.8 Å². The molecule has 3 aromatic carbocycles. The average Bonchev–Trinajstić information content (AvgIpc) is 3.59. The van der Waals surface area contributed by atoms with Crippen LogP contribution < -0.4 is 5.32 Å². The van der Waals surface area contributed by atoms with Crippen LogP contribution in [0, 0.1) is 0 Å². The lowest BCUT2D eigenvalue weighted by Gasteiger charge is -2.19. The van der Waals surface area contributed by atoms with E-state index in [0.29, 0.717) is 18.5 Å². The molecule has 0 saturated heterocycles. The van der Waals surface area contributed by atoms with E-state index >= 15 is 0 Å². The van der Waals surface area contributed by atoms with Crippen LogP contribution in [0.25, 0.3) is 16.8 Å². The summed E-state index contributed by atoms with van der Waals surface area (Å²) in [6.45, 7) is -0.160. The van der Waals surface area contributed by atoms with Gasteiger partial charge in [-0.2, -0.15) is 10.2 Å². The van der Waals surface area contributed by atoms with Gasteiger partial charge in [0, 0.05) is 12.0 Å². The van der Waals surface area contributed by atoms with Gasteiger partial charge in [0.15, 0.2) is 0 Å². The van der Waals surface area contributed by atoms with Crippen molar-refractivity contribution in [2.45, 2.75) is 38.1 Å². The van der Waals surface area contributed by atoms with Crippen LogP contribution in [-0.4, -0.2) is 60.0 Å².